The number of nitrogens with one attached hydrogen (secondary N) is 1. The Morgan fingerprint density at radius 1 is 1.45 bits per heavy atom. The highest BCUT2D eigenvalue weighted by Gasteiger charge is 2.19. The Labute approximate surface area is 125 Å². The highest BCUT2D eigenvalue weighted by molar-refractivity contribution is 9.10. The summed E-state index contributed by atoms with van der Waals surface area (Å²) in [6, 6.07) is 9.25. The Morgan fingerprint density at radius 2 is 2.15 bits per heavy atom. The average Bonchev–Trinajstić information content (AvgIpc) is 2.75. The number of benzene rings is 1. The highest BCUT2D eigenvalue weighted by atomic mass is 79.9. The number of aryl methyl sites for hydroxylation is 1. The number of halogens is 1. The number of carboxylic acid groups (broad SMARTS) is 1. The summed E-state index contributed by atoms with van der Waals surface area (Å²) in [6.07, 6.45) is 1.73. The molecule has 0 spiro atoms. The van der Waals surface area contributed by atoms with E-state index in [4.69, 9.17) is 0 Å². The molecule has 5 nitrogen and oxygen atoms in total. The summed E-state index contributed by atoms with van der Waals surface area (Å²) in [5.74, 6) is -1.38. The molecule has 0 aliphatic carbocycles. The third kappa shape index (κ3) is 3.46. The molecule has 0 radical (unpaired) electrons. The van der Waals surface area contributed by atoms with Gasteiger partial charge in [0.15, 0.2) is 0 Å². The lowest BCUT2D eigenvalue weighted by Crippen LogP contribution is -2.27. The Kier molecular flexibility index (Phi) is 4.92. The molecule has 1 atom stereocenters. The lowest BCUT2D eigenvalue weighted by Gasteiger charge is -2.14. The van der Waals surface area contributed by atoms with E-state index in [1.54, 1.807) is 10.9 Å². The normalized spacial score (nSPS) is 12.3. The van der Waals surface area contributed by atoms with Crippen LogP contribution in [0.25, 0.3) is 0 Å². The van der Waals surface area contributed by atoms with Crippen molar-refractivity contribution in [1.29, 1.82) is 0 Å². The first kappa shape index (κ1) is 14.7. The van der Waals surface area contributed by atoms with Crippen LogP contribution in [0.15, 0.2) is 41.0 Å². The van der Waals surface area contributed by atoms with Crippen LogP contribution in [0.4, 0.5) is 0 Å². The Bertz CT molecular complexity index is 564. The number of carbonyl (C=O) groups is 1. The van der Waals surface area contributed by atoms with Crippen LogP contribution in [-0.2, 0) is 18.4 Å². The van der Waals surface area contributed by atoms with Crippen molar-refractivity contribution < 1.29 is 9.90 Å². The van der Waals surface area contributed by atoms with Gasteiger partial charge in [0.2, 0.25) is 0 Å². The minimum Gasteiger partial charge on any atom is -0.481 e. The van der Waals surface area contributed by atoms with E-state index in [9.17, 15) is 9.90 Å². The van der Waals surface area contributed by atoms with E-state index in [0.717, 1.165) is 15.7 Å². The molecule has 106 valence electrons. The third-order valence-electron chi connectivity index (χ3n) is 3.15. The second-order valence-corrected chi connectivity index (χ2v) is 5.35. The van der Waals surface area contributed by atoms with Gasteiger partial charge in [0.1, 0.15) is 0 Å². The van der Waals surface area contributed by atoms with Crippen LogP contribution >= 0.6 is 15.9 Å². The first-order valence-corrected chi connectivity index (χ1v) is 7.03. The van der Waals surface area contributed by atoms with Gasteiger partial charge >= 0.3 is 5.97 Å². The second-order valence-electron chi connectivity index (χ2n) is 4.50. The molecule has 0 aliphatic rings. The molecule has 6 heteroatoms. The Hall–Kier alpha value is -1.66. The van der Waals surface area contributed by atoms with Crippen molar-refractivity contribution >= 4 is 21.9 Å². The van der Waals surface area contributed by atoms with Gasteiger partial charge in [-0.25, -0.2) is 0 Å². The molecule has 0 fully saturated rings. The summed E-state index contributed by atoms with van der Waals surface area (Å²) in [7, 11) is 1.85. The van der Waals surface area contributed by atoms with E-state index in [0.29, 0.717) is 13.1 Å². The Balaban J connectivity index is 1.99. The summed E-state index contributed by atoms with van der Waals surface area (Å²) in [5, 5.41) is 16.6. The van der Waals surface area contributed by atoms with E-state index < -0.39 is 11.9 Å². The van der Waals surface area contributed by atoms with Gasteiger partial charge in [-0.05, 0) is 21.5 Å². The lowest BCUT2D eigenvalue weighted by atomic mass is 9.99. The summed E-state index contributed by atoms with van der Waals surface area (Å²) in [4.78, 5) is 11.4. The van der Waals surface area contributed by atoms with Gasteiger partial charge in [0.25, 0.3) is 0 Å². The molecule has 0 saturated heterocycles. The molecule has 0 amide bonds. The standard InChI is InChI=1S/C14H16BrN3O2/c1-18-13(12(15)8-17-18)9-16-7-11(14(19)20)10-5-3-2-4-6-10/h2-6,8,11,16H,7,9H2,1H3,(H,19,20). The fourth-order valence-corrected chi connectivity index (χ4v) is 2.49. The van der Waals surface area contributed by atoms with E-state index >= 15 is 0 Å². The van der Waals surface area contributed by atoms with Gasteiger partial charge in [0, 0.05) is 20.1 Å². The van der Waals surface area contributed by atoms with E-state index in [2.05, 4.69) is 26.3 Å². The molecule has 1 heterocycles. The predicted molar refractivity (Wildman–Crippen MR) is 79.4 cm³/mol. The zero-order valence-corrected chi connectivity index (χ0v) is 12.7. The smallest absolute Gasteiger partial charge is 0.312 e. The van der Waals surface area contributed by atoms with Crippen LogP contribution in [0, 0.1) is 0 Å². The molecular weight excluding hydrogens is 322 g/mol. The first-order chi connectivity index (χ1) is 9.59. The van der Waals surface area contributed by atoms with Crippen LogP contribution in [0.2, 0.25) is 0 Å². The average molecular weight is 338 g/mol. The minimum atomic E-state index is -0.826. The van der Waals surface area contributed by atoms with Crippen molar-refractivity contribution in [3.63, 3.8) is 0 Å². The van der Waals surface area contributed by atoms with Crippen molar-refractivity contribution in [2.24, 2.45) is 7.05 Å². The molecule has 1 unspecified atom stereocenters. The molecule has 2 N–H and O–H groups in total. The number of hydrogen-bond donors (Lipinski definition) is 2. The summed E-state index contributed by atoms with van der Waals surface area (Å²) >= 11 is 3.42. The highest BCUT2D eigenvalue weighted by Crippen LogP contribution is 2.17. The topological polar surface area (TPSA) is 67.2 Å². The van der Waals surface area contributed by atoms with Gasteiger partial charge in [-0.3, -0.25) is 9.48 Å². The van der Waals surface area contributed by atoms with Crippen LogP contribution in [0.5, 0.6) is 0 Å². The number of carboxylic acids is 1. The summed E-state index contributed by atoms with van der Waals surface area (Å²) in [5.41, 5.74) is 1.79. The summed E-state index contributed by atoms with van der Waals surface area (Å²) in [6.45, 7) is 0.935. The van der Waals surface area contributed by atoms with E-state index in [1.165, 1.54) is 0 Å². The molecule has 0 aliphatic heterocycles. The van der Waals surface area contributed by atoms with Crippen molar-refractivity contribution in [2.75, 3.05) is 6.54 Å². The Morgan fingerprint density at radius 3 is 2.70 bits per heavy atom. The molecule has 1 aromatic carbocycles. The van der Waals surface area contributed by atoms with Gasteiger partial charge in [-0.15, -0.1) is 0 Å². The number of rotatable bonds is 6. The molecule has 0 saturated carbocycles. The fourth-order valence-electron chi connectivity index (χ4n) is 2.00. The fraction of sp³-hybridized carbons (Fsp3) is 0.286. The maximum Gasteiger partial charge on any atom is 0.312 e. The molecule has 0 bridgehead atoms. The van der Waals surface area contributed by atoms with Crippen molar-refractivity contribution in [3.8, 4) is 0 Å². The molecular formula is C14H16BrN3O2. The van der Waals surface area contributed by atoms with E-state index in [1.807, 2.05) is 37.4 Å². The minimum absolute atomic E-state index is 0.372. The van der Waals surface area contributed by atoms with Crippen LogP contribution < -0.4 is 5.32 Å². The number of aromatic nitrogens is 2. The first-order valence-electron chi connectivity index (χ1n) is 6.24. The SMILES string of the molecule is Cn1ncc(Br)c1CNCC(C(=O)O)c1ccccc1. The van der Waals surface area contributed by atoms with Crippen LogP contribution in [0.3, 0.4) is 0 Å². The number of nitrogens with zero attached hydrogens (tertiary/aromatic N) is 2. The van der Waals surface area contributed by atoms with Gasteiger partial charge in [-0.1, -0.05) is 30.3 Å². The molecule has 2 aromatic rings. The zero-order chi connectivity index (χ0) is 14.5. The largest absolute Gasteiger partial charge is 0.481 e. The lowest BCUT2D eigenvalue weighted by molar-refractivity contribution is -0.138. The quantitative estimate of drug-likeness (QED) is 0.847. The summed E-state index contributed by atoms with van der Waals surface area (Å²) < 4.78 is 2.68. The van der Waals surface area contributed by atoms with Crippen molar-refractivity contribution in [1.82, 2.24) is 15.1 Å². The monoisotopic (exact) mass is 337 g/mol. The maximum atomic E-state index is 11.4. The third-order valence-corrected chi connectivity index (χ3v) is 3.81. The maximum absolute atomic E-state index is 11.4. The number of aliphatic carboxylic acids is 1. The zero-order valence-electron chi connectivity index (χ0n) is 11.1. The number of hydrogen-bond acceptors (Lipinski definition) is 3. The van der Waals surface area contributed by atoms with Gasteiger partial charge < -0.3 is 10.4 Å². The van der Waals surface area contributed by atoms with Gasteiger partial charge in [0.05, 0.1) is 22.3 Å². The molecule has 2 rings (SSSR count). The van der Waals surface area contributed by atoms with Gasteiger partial charge in [-0.2, -0.15) is 5.10 Å². The van der Waals surface area contributed by atoms with Crippen molar-refractivity contribution in [2.45, 2.75) is 12.5 Å². The predicted octanol–water partition coefficient (Wildman–Crippen LogP) is 2.14. The molecule has 20 heavy (non-hydrogen) atoms. The van der Waals surface area contributed by atoms with E-state index in [-0.39, 0.29) is 0 Å². The molecule has 1 aromatic heterocycles. The van der Waals surface area contributed by atoms with Crippen molar-refractivity contribution in [3.05, 3.63) is 52.3 Å². The second kappa shape index (κ2) is 6.67. The van der Waals surface area contributed by atoms with Crippen LogP contribution in [0.1, 0.15) is 17.2 Å². The van der Waals surface area contributed by atoms with Crippen LogP contribution in [-0.4, -0.2) is 27.4 Å².